The van der Waals surface area contributed by atoms with Crippen LogP contribution >= 0.6 is 0 Å². The van der Waals surface area contributed by atoms with Gasteiger partial charge in [0.2, 0.25) is 0 Å². The minimum Gasteiger partial charge on any atom is -0.508 e. The standard InChI is InChI=1S/C16H22O3/c1-11(17)12-6-8-16(2,9-7-12)14-10-13(19-3)4-5-15(14)18/h4-5,10,12,18H,6-9H2,1-3H3. The fourth-order valence-corrected chi connectivity index (χ4v) is 3.06. The predicted octanol–water partition coefficient (Wildman–Crippen LogP) is 3.44. The Morgan fingerprint density at radius 2 is 2.00 bits per heavy atom. The first-order chi connectivity index (χ1) is 8.96. The third-order valence-corrected chi connectivity index (χ3v) is 4.52. The van der Waals surface area contributed by atoms with E-state index in [1.54, 1.807) is 26.2 Å². The number of benzene rings is 1. The van der Waals surface area contributed by atoms with Crippen molar-refractivity contribution in [3.05, 3.63) is 23.8 Å². The molecule has 0 aromatic heterocycles. The molecule has 104 valence electrons. The maximum absolute atomic E-state index is 11.4. The van der Waals surface area contributed by atoms with Crippen molar-refractivity contribution in [1.82, 2.24) is 0 Å². The average molecular weight is 262 g/mol. The van der Waals surface area contributed by atoms with Crippen LogP contribution < -0.4 is 4.74 Å². The highest BCUT2D eigenvalue weighted by molar-refractivity contribution is 5.78. The minimum absolute atomic E-state index is 0.0649. The third-order valence-electron chi connectivity index (χ3n) is 4.52. The molecule has 1 aliphatic rings. The third kappa shape index (κ3) is 2.75. The van der Waals surface area contributed by atoms with Crippen molar-refractivity contribution in [3.8, 4) is 11.5 Å². The lowest BCUT2D eigenvalue weighted by molar-refractivity contribution is -0.121. The van der Waals surface area contributed by atoms with Crippen molar-refractivity contribution in [1.29, 1.82) is 0 Å². The molecule has 1 aromatic carbocycles. The summed E-state index contributed by atoms with van der Waals surface area (Å²) in [5.41, 5.74) is 0.874. The first kappa shape index (κ1) is 13.9. The molecule has 3 heteroatoms. The van der Waals surface area contributed by atoms with Crippen molar-refractivity contribution >= 4 is 5.78 Å². The number of hydrogen-bond donors (Lipinski definition) is 1. The summed E-state index contributed by atoms with van der Waals surface area (Å²) in [4.78, 5) is 11.4. The number of carbonyl (C=O) groups is 1. The van der Waals surface area contributed by atoms with Crippen molar-refractivity contribution in [2.75, 3.05) is 7.11 Å². The molecule has 19 heavy (non-hydrogen) atoms. The number of ether oxygens (including phenoxy) is 1. The van der Waals surface area contributed by atoms with Crippen molar-refractivity contribution in [2.45, 2.75) is 44.9 Å². The molecule has 1 fully saturated rings. The zero-order chi connectivity index (χ0) is 14.0. The second kappa shape index (κ2) is 5.24. The van der Waals surface area contributed by atoms with Gasteiger partial charge >= 0.3 is 0 Å². The second-order valence-electron chi connectivity index (χ2n) is 5.83. The number of carbonyl (C=O) groups excluding carboxylic acids is 1. The van der Waals surface area contributed by atoms with Crippen LogP contribution in [-0.4, -0.2) is 18.0 Å². The monoisotopic (exact) mass is 262 g/mol. The predicted molar refractivity (Wildman–Crippen MR) is 74.6 cm³/mol. The Hall–Kier alpha value is -1.51. The summed E-state index contributed by atoms with van der Waals surface area (Å²) in [6, 6.07) is 5.38. The summed E-state index contributed by atoms with van der Waals surface area (Å²) in [6.07, 6.45) is 3.67. The Labute approximate surface area is 114 Å². The van der Waals surface area contributed by atoms with Gasteiger partial charge in [0, 0.05) is 11.5 Å². The van der Waals surface area contributed by atoms with E-state index in [-0.39, 0.29) is 17.1 Å². The molecule has 1 saturated carbocycles. The van der Waals surface area contributed by atoms with Gasteiger partial charge in [-0.25, -0.2) is 0 Å². The maximum Gasteiger partial charge on any atom is 0.132 e. The first-order valence-corrected chi connectivity index (χ1v) is 6.84. The van der Waals surface area contributed by atoms with E-state index >= 15 is 0 Å². The lowest BCUT2D eigenvalue weighted by Gasteiger charge is -2.37. The molecule has 2 rings (SSSR count). The minimum atomic E-state index is -0.0649. The van der Waals surface area contributed by atoms with Gasteiger partial charge in [-0.3, -0.25) is 4.79 Å². The topological polar surface area (TPSA) is 46.5 Å². The fraction of sp³-hybridized carbons (Fsp3) is 0.562. The van der Waals surface area contributed by atoms with Gasteiger partial charge in [0.1, 0.15) is 17.3 Å². The summed E-state index contributed by atoms with van der Waals surface area (Å²) in [6.45, 7) is 3.84. The van der Waals surface area contributed by atoms with Gasteiger partial charge in [-0.2, -0.15) is 0 Å². The number of methoxy groups -OCH3 is 1. The van der Waals surface area contributed by atoms with Gasteiger partial charge in [-0.15, -0.1) is 0 Å². The zero-order valence-electron chi connectivity index (χ0n) is 11.9. The highest BCUT2D eigenvalue weighted by Gasteiger charge is 2.35. The van der Waals surface area contributed by atoms with Gasteiger partial charge < -0.3 is 9.84 Å². The van der Waals surface area contributed by atoms with Gasteiger partial charge in [0.15, 0.2) is 0 Å². The number of aromatic hydroxyl groups is 1. The van der Waals surface area contributed by atoms with E-state index in [2.05, 4.69) is 6.92 Å². The Balaban J connectivity index is 2.24. The zero-order valence-corrected chi connectivity index (χ0v) is 11.9. The van der Waals surface area contributed by atoms with Crippen LogP contribution in [0.1, 0.15) is 45.1 Å². The van der Waals surface area contributed by atoms with Crippen LogP contribution in [-0.2, 0) is 10.2 Å². The average Bonchev–Trinajstić information content (AvgIpc) is 2.39. The van der Waals surface area contributed by atoms with E-state index in [4.69, 9.17) is 4.74 Å². The number of ketones is 1. The summed E-state index contributed by atoms with van der Waals surface area (Å²) in [7, 11) is 1.63. The number of phenols is 1. The van der Waals surface area contributed by atoms with Crippen LogP contribution in [0.5, 0.6) is 11.5 Å². The van der Waals surface area contributed by atoms with Crippen molar-refractivity contribution < 1.29 is 14.6 Å². The molecule has 0 bridgehead atoms. The molecular formula is C16H22O3. The molecule has 1 aliphatic carbocycles. The lowest BCUT2D eigenvalue weighted by atomic mass is 9.67. The van der Waals surface area contributed by atoms with Gasteiger partial charge in [0.25, 0.3) is 0 Å². The molecule has 3 nitrogen and oxygen atoms in total. The second-order valence-corrected chi connectivity index (χ2v) is 5.83. The highest BCUT2D eigenvalue weighted by atomic mass is 16.5. The van der Waals surface area contributed by atoms with Crippen molar-refractivity contribution in [2.24, 2.45) is 5.92 Å². The van der Waals surface area contributed by atoms with Gasteiger partial charge in [0.05, 0.1) is 7.11 Å². The van der Waals surface area contributed by atoms with Crippen molar-refractivity contribution in [3.63, 3.8) is 0 Å². The molecule has 0 spiro atoms. The molecule has 0 aliphatic heterocycles. The molecular weight excluding hydrogens is 240 g/mol. The number of Topliss-reactive ketones (excluding diaryl/α,β-unsaturated/α-hetero) is 1. The summed E-state index contributed by atoms with van der Waals surface area (Å²) in [5, 5.41) is 10.1. The van der Waals surface area contributed by atoms with Crippen LogP contribution in [0, 0.1) is 5.92 Å². The SMILES string of the molecule is COc1ccc(O)c(C2(C)CCC(C(C)=O)CC2)c1. The van der Waals surface area contributed by atoms with E-state index in [0.29, 0.717) is 5.75 Å². The Morgan fingerprint density at radius 1 is 1.37 bits per heavy atom. The summed E-state index contributed by atoms with van der Waals surface area (Å²) < 4.78 is 5.24. The van der Waals surface area contributed by atoms with E-state index in [0.717, 1.165) is 37.0 Å². The molecule has 0 atom stereocenters. The van der Waals surface area contributed by atoms with E-state index in [1.807, 2.05) is 6.07 Å². The molecule has 1 N–H and O–H groups in total. The number of phenolic OH excluding ortho intramolecular Hbond substituents is 1. The molecule has 0 heterocycles. The van der Waals surface area contributed by atoms with Crippen LogP contribution in [0.15, 0.2) is 18.2 Å². The summed E-state index contributed by atoms with van der Waals surface area (Å²) >= 11 is 0. The summed E-state index contributed by atoms with van der Waals surface area (Å²) in [5.74, 6) is 1.57. The molecule has 0 radical (unpaired) electrons. The number of rotatable bonds is 3. The molecule has 1 aromatic rings. The normalized spacial score (nSPS) is 27.0. The van der Waals surface area contributed by atoms with E-state index in [1.165, 1.54) is 0 Å². The van der Waals surface area contributed by atoms with E-state index in [9.17, 15) is 9.90 Å². The van der Waals surface area contributed by atoms with Crippen LogP contribution in [0.2, 0.25) is 0 Å². The van der Waals surface area contributed by atoms with Crippen LogP contribution in [0.4, 0.5) is 0 Å². The molecule has 0 unspecified atom stereocenters. The van der Waals surface area contributed by atoms with Crippen LogP contribution in [0.25, 0.3) is 0 Å². The van der Waals surface area contributed by atoms with E-state index < -0.39 is 0 Å². The maximum atomic E-state index is 11.4. The highest BCUT2D eigenvalue weighted by Crippen LogP contribution is 2.45. The Bertz CT molecular complexity index is 471. The molecule has 0 saturated heterocycles. The number of hydrogen-bond acceptors (Lipinski definition) is 3. The van der Waals surface area contributed by atoms with Gasteiger partial charge in [-0.1, -0.05) is 6.92 Å². The first-order valence-electron chi connectivity index (χ1n) is 6.84. The Morgan fingerprint density at radius 3 is 2.53 bits per heavy atom. The molecule has 0 amide bonds. The fourth-order valence-electron chi connectivity index (χ4n) is 3.06. The smallest absolute Gasteiger partial charge is 0.132 e. The largest absolute Gasteiger partial charge is 0.508 e. The van der Waals surface area contributed by atoms with Gasteiger partial charge in [-0.05, 0) is 56.2 Å². The Kier molecular flexibility index (Phi) is 3.83. The quantitative estimate of drug-likeness (QED) is 0.907. The van der Waals surface area contributed by atoms with Crippen LogP contribution in [0.3, 0.4) is 0 Å². The lowest BCUT2D eigenvalue weighted by Crippen LogP contribution is -2.31.